The molecule has 2 rings (SSSR count). The fourth-order valence-electron chi connectivity index (χ4n) is 1.59. The van der Waals surface area contributed by atoms with Gasteiger partial charge in [0, 0.05) is 10.7 Å². The van der Waals surface area contributed by atoms with Gasteiger partial charge in [-0.25, -0.2) is 4.39 Å². The Bertz CT molecular complexity index is 552. The van der Waals surface area contributed by atoms with E-state index in [-0.39, 0.29) is 5.82 Å². The van der Waals surface area contributed by atoms with Crippen LogP contribution in [0.1, 0.15) is 11.3 Å². The lowest BCUT2D eigenvalue weighted by atomic mass is 10.2. The summed E-state index contributed by atoms with van der Waals surface area (Å²) in [6, 6.07) is 6.53. The van der Waals surface area contributed by atoms with E-state index in [9.17, 15) is 4.39 Å². The summed E-state index contributed by atoms with van der Waals surface area (Å²) in [7, 11) is 0. The number of benzene rings is 1. The van der Waals surface area contributed by atoms with Crippen molar-refractivity contribution in [1.82, 2.24) is 4.98 Å². The number of hydrogen-bond acceptors (Lipinski definition) is 2. The van der Waals surface area contributed by atoms with E-state index in [1.54, 1.807) is 6.20 Å². The van der Waals surface area contributed by atoms with E-state index in [0.29, 0.717) is 21.7 Å². The molecule has 94 valence electrons. The van der Waals surface area contributed by atoms with Crippen molar-refractivity contribution in [2.75, 3.05) is 5.32 Å². The van der Waals surface area contributed by atoms with Gasteiger partial charge >= 0.3 is 0 Å². The van der Waals surface area contributed by atoms with Crippen LogP contribution in [0.15, 0.2) is 34.9 Å². The Morgan fingerprint density at radius 3 is 2.89 bits per heavy atom. The highest BCUT2D eigenvalue weighted by Gasteiger charge is 2.08. The standard InChI is InChI=1S/C13H11BrClFN2/c1-8-3-2-4-17-12(8)7-18-13-10(14)5-9(16)6-11(13)15/h2-6,18H,7H2,1H3. The van der Waals surface area contributed by atoms with Gasteiger partial charge in [-0.15, -0.1) is 0 Å². The Morgan fingerprint density at radius 1 is 1.44 bits per heavy atom. The largest absolute Gasteiger partial charge is 0.377 e. The molecule has 0 fully saturated rings. The fourth-order valence-corrected chi connectivity index (χ4v) is 2.55. The van der Waals surface area contributed by atoms with Crippen molar-refractivity contribution in [2.24, 2.45) is 0 Å². The van der Waals surface area contributed by atoms with Gasteiger partial charge in [0.05, 0.1) is 22.9 Å². The van der Waals surface area contributed by atoms with Crippen LogP contribution in [-0.2, 0) is 6.54 Å². The number of nitrogens with zero attached hydrogens (tertiary/aromatic N) is 1. The minimum atomic E-state index is -0.369. The van der Waals surface area contributed by atoms with Crippen LogP contribution in [-0.4, -0.2) is 4.98 Å². The molecule has 0 aliphatic heterocycles. The maximum Gasteiger partial charge on any atom is 0.125 e. The first-order chi connectivity index (χ1) is 8.58. The van der Waals surface area contributed by atoms with Crippen LogP contribution in [0, 0.1) is 12.7 Å². The molecule has 2 nitrogen and oxygen atoms in total. The van der Waals surface area contributed by atoms with Gasteiger partial charge in [0.25, 0.3) is 0 Å². The van der Waals surface area contributed by atoms with Gasteiger partial charge < -0.3 is 5.32 Å². The van der Waals surface area contributed by atoms with Gasteiger partial charge in [0.2, 0.25) is 0 Å². The van der Waals surface area contributed by atoms with E-state index >= 15 is 0 Å². The van der Waals surface area contributed by atoms with E-state index in [1.807, 2.05) is 19.1 Å². The molecule has 0 saturated heterocycles. The third kappa shape index (κ3) is 3.00. The highest BCUT2D eigenvalue weighted by atomic mass is 79.9. The molecule has 0 spiro atoms. The average molecular weight is 330 g/mol. The summed E-state index contributed by atoms with van der Waals surface area (Å²) in [4.78, 5) is 4.28. The molecule has 18 heavy (non-hydrogen) atoms. The molecule has 0 saturated carbocycles. The topological polar surface area (TPSA) is 24.9 Å². The minimum absolute atomic E-state index is 0.343. The normalized spacial score (nSPS) is 10.4. The number of halogens is 3. The smallest absolute Gasteiger partial charge is 0.125 e. The van der Waals surface area contributed by atoms with Crippen LogP contribution < -0.4 is 5.32 Å². The molecule has 0 aliphatic carbocycles. The van der Waals surface area contributed by atoms with Crippen molar-refractivity contribution in [3.63, 3.8) is 0 Å². The second kappa shape index (κ2) is 5.67. The summed E-state index contributed by atoms with van der Waals surface area (Å²) in [6.45, 7) is 2.53. The van der Waals surface area contributed by atoms with Crippen LogP contribution in [0.25, 0.3) is 0 Å². The average Bonchev–Trinajstić information content (AvgIpc) is 2.30. The molecule has 0 aliphatic rings. The predicted octanol–water partition coefficient (Wildman–Crippen LogP) is 4.56. The Balaban J connectivity index is 2.19. The van der Waals surface area contributed by atoms with Crippen LogP contribution in [0.2, 0.25) is 5.02 Å². The zero-order chi connectivity index (χ0) is 13.1. The highest BCUT2D eigenvalue weighted by molar-refractivity contribution is 9.10. The van der Waals surface area contributed by atoms with Crippen LogP contribution in [0.4, 0.5) is 10.1 Å². The maximum atomic E-state index is 13.1. The molecule has 1 N–H and O–H groups in total. The number of nitrogens with one attached hydrogen (secondary N) is 1. The summed E-state index contributed by atoms with van der Waals surface area (Å²) < 4.78 is 13.7. The quantitative estimate of drug-likeness (QED) is 0.893. The van der Waals surface area contributed by atoms with Gasteiger partial charge in [0.15, 0.2) is 0 Å². The van der Waals surface area contributed by atoms with Crippen LogP contribution >= 0.6 is 27.5 Å². The predicted molar refractivity (Wildman–Crippen MR) is 75.4 cm³/mol. The number of pyridine rings is 1. The number of anilines is 1. The van der Waals surface area contributed by atoms with E-state index in [1.165, 1.54) is 12.1 Å². The molecule has 1 aromatic heterocycles. The number of hydrogen-bond donors (Lipinski definition) is 1. The third-order valence-electron chi connectivity index (χ3n) is 2.56. The summed E-state index contributed by atoms with van der Waals surface area (Å²) in [5, 5.41) is 3.50. The van der Waals surface area contributed by atoms with Crippen molar-refractivity contribution in [2.45, 2.75) is 13.5 Å². The van der Waals surface area contributed by atoms with Crippen LogP contribution in [0.3, 0.4) is 0 Å². The van der Waals surface area contributed by atoms with Crippen molar-refractivity contribution in [1.29, 1.82) is 0 Å². The molecule has 1 aromatic carbocycles. The molecule has 5 heteroatoms. The van der Waals surface area contributed by atoms with E-state index in [4.69, 9.17) is 11.6 Å². The Kier molecular flexibility index (Phi) is 4.19. The third-order valence-corrected chi connectivity index (χ3v) is 3.48. The second-order valence-electron chi connectivity index (χ2n) is 3.86. The van der Waals surface area contributed by atoms with E-state index in [2.05, 4.69) is 26.2 Å². The van der Waals surface area contributed by atoms with Crippen LogP contribution in [0.5, 0.6) is 0 Å². The highest BCUT2D eigenvalue weighted by Crippen LogP contribution is 2.32. The Morgan fingerprint density at radius 2 is 2.22 bits per heavy atom. The van der Waals surface area contributed by atoms with Gasteiger partial charge in [-0.2, -0.15) is 0 Å². The first kappa shape index (κ1) is 13.3. The van der Waals surface area contributed by atoms with E-state index in [0.717, 1.165) is 11.3 Å². The van der Waals surface area contributed by atoms with Crippen molar-refractivity contribution >= 4 is 33.2 Å². The fraction of sp³-hybridized carbons (Fsp3) is 0.154. The number of aryl methyl sites for hydroxylation is 1. The molecule has 0 radical (unpaired) electrons. The van der Waals surface area contributed by atoms with Crippen molar-refractivity contribution in [3.05, 3.63) is 57.0 Å². The molecule has 0 bridgehead atoms. The Labute approximate surface area is 118 Å². The lowest BCUT2D eigenvalue weighted by Gasteiger charge is -2.11. The van der Waals surface area contributed by atoms with Gasteiger partial charge in [-0.3, -0.25) is 4.98 Å². The summed E-state index contributed by atoms with van der Waals surface area (Å²) in [5.41, 5.74) is 2.70. The SMILES string of the molecule is Cc1cccnc1CNc1c(Cl)cc(F)cc1Br. The van der Waals surface area contributed by atoms with Crippen molar-refractivity contribution < 1.29 is 4.39 Å². The minimum Gasteiger partial charge on any atom is -0.377 e. The zero-order valence-electron chi connectivity index (χ0n) is 9.67. The zero-order valence-corrected chi connectivity index (χ0v) is 12.0. The molecule has 1 heterocycles. The lowest BCUT2D eigenvalue weighted by molar-refractivity contribution is 0.627. The summed E-state index contributed by atoms with van der Waals surface area (Å²) in [5.74, 6) is -0.369. The molecular formula is C13H11BrClFN2. The first-order valence-electron chi connectivity index (χ1n) is 5.37. The van der Waals surface area contributed by atoms with Gasteiger partial charge in [0.1, 0.15) is 5.82 Å². The molecule has 0 atom stereocenters. The number of rotatable bonds is 3. The number of aromatic nitrogens is 1. The monoisotopic (exact) mass is 328 g/mol. The summed E-state index contributed by atoms with van der Waals surface area (Å²) >= 11 is 9.27. The van der Waals surface area contributed by atoms with Crippen molar-refractivity contribution in [3.8, 4) is 0 Å². The summed E-state index contributed by atoms with van der Waals surface area (Å²) in [6.07, 6.45) is 1.74. The van der Waals surface area contributed by atoms with Gasteiger partial charge in [-0.05, 0) is 46.6 Å². The van der Waals surface area contributed by atoms with E-state index < -0.39 is 0 Å². The second-order valence-corrected chi connectivity index (χ2v) is 5.13. The lowest BCUT2D eigenvalue weighted by Crippen LogP contribution is -2.04. The molecule has 0 unspecified atom stereocenters. The molecule has 0 amide bonds. The first-order valence-corrected chi connectivity index (χ1v) is 6.54. The molecular weight excluding hydrogens is 319 g/mol. The maximum absolute atomic E-state index is 13.1. The Hall–Kier alpha value is -1.13. The molecule has 2 aromatic rings. The van der Waals surface area contributed by atoms with Gasteiger partial charge in [-0.1, -0.05) is 17.7 Å².